The van der Waals surface area contributed by atoms with E-state index in [-0.39, 0.29) is 5.82 Å². The molecule has 7 heteroatoms. The second-order valence-electron chi connectivity index (χ2n) is 7.45. The third-order valence-electron chi connectivity index (χ3n) is 5.68. The number of hydrogen-bond acceptors (Lipinski definition) is 6. The maximum Gasteiger partial charge on any atom is 0.247 e. The summed E-state index contributed by atoms with van der Waals surface area (Å²) >= 11 is 0. The topological polar surface area (TPSA) is 48.4 Å². The molecule has 0 amide bonds. The molecule has 0 N–H and O–H groups in total. The molecule has 0 bridgehead atoms. The minimum absolute atomic E-state index is 0.206. The summed E-state index contributed by atoms with van der Waals surface area (Å²) in [5.41, 5.74) is 3.61. The fraction of sp³-hybridized carbons (Fsp3) is 0.318. The van der Waals surface area contributed by atoms with Crippen molar-refractivity contribution in [3.8, 4) is 0 Å². The SMILES string of the molecule is Fc1ccc(N2CCN(c3nncc(N4CCCc5ccccc54)n3)CC2)cc1. The van der Waals surface area contributed by atoms with E-state index in [2.05, 4.69) is 49.2 Å². The Morgan fingerprint density at radius 3 is 2.41 bits per heavy atom. The molecule has 2 aliphatic rings. The van der Waals surface area contributed by atoms with Crippen molar-refractivity contribution in [3.05, 3.63) is 66.1 Å². The van der Waals surface area contributed by atoms with Gasteiger partial charge in [-0.3, -0.25) is 0 Å². The number of para-hydroxylation sites is 1. The highest BCUT2D eigenvalue weighted by Crippen LogP contribution is 2.32. The summed E-state index contributed by atoms with van der Waals surface area (Å²) in [4.78, 5) is 11.5. The summed E-state index contributed by atoms with van der Waals surface area (Å²) in [6.45, 7) is 4.23. The first-order chi connectivity index (χ1) is 14.3. The van der Waals surface area contributed by atoms with Crippen LogP contribution in [-0.2, 0) is 6.42 Å². The molecular formula is C22H23FN6. The average Bonchev–Trinajstić information content (AvgIpc) is 2.79. The number of nitrogens with zero attached hydrogens (tertiary/aromatic N) is 6. The Hall–Kier alpha value is -3.22. The summed E-state index contributed by atoms with van der Waals surface area (Å²) in [6.07, 6.45) is 3.95. The van der Waals surface area contributed by atoms with Gasteiger partial charge in [0.2, 0.25) is 5.95 Å². The van der Waals surface area contributed by atoms with Gasteiger partial charge in [0.1, 0.15) is 5.82 Å². The molecule has 0 unspecified atom stereocenters. The van der Waals surface area contributed by atoms with E-state index in [0.717, 1.165) is 57.1 Å². The molecule has 0 aliphatic carbocycles. The number of rotatable bonds is 3. The molecule has 1 fully saturated rings. The summed E-state index contributed by atoms with van der Waals surface area (Å²) in [6, 6.07) is 15.2. The van der Waals surface area contributed by atoms with Crippen LogP contribution < -0.4 is 14.7 Å². The van der Waals surface area contributed by atoms with Crippen LogP contribution in [0.15, 0.2) is 54.7 Å². The minimum atomic E-state index is -0.206. The Labute approximate surface area is 169 Å². The molecule has 29 heavy (non-hydrogen) atoms. The van der Waals surface area contributed by atoms with Gasteiger partial charge in [0.05, 0.1) is 6.20 Å². The van der Waals surface area contributed by atoms with Crippen LogP contribution in [0.2, 0.25) is 0 Å². The van der Waals surface area contributed by atoms with Crippen LogP contribution >= 0.6 is 0 Å². The van der Waals surface area contributed by atoms with E-state index in [0.29, 0.717) is 5.95 Å². The third-order valence-corrected chi connectivity index (χ3v) is 5.68. The molecule has 2 aliphatic heterocycles. The van der Waals surface area contributed by atoms with E-state index in [1.165, 1.54) is 23.4 Å². The fourth-order valence-electron chi connectivity index (χ4n) is 4.14. The molecule has 3 aromatic rings. The van der Waals surface area contributed by atoms with Gasteiger partial charge < -0.3 is 14.7 Å². The minimum Gasteiger partial charge on any atom is -0.368 e. The summed E-state index contributed by atoms with van der Waals surface area (Å²) < 4.78 is 13.2. The summed E-state index contributed by atoms with van der Waals surface area (Å²) in [5, 5.41) is 8.54. The lowest BCUT2D eigenvalue weighted by Crippen LogP contribution is -2.47. The lowest BCUT2D eigenvalue weighted by atomic mass is 10.0. The molecular weight excluding hydrogens is 367 g/mol. The van der Waals surface area contributed by atoms with E-state index in [1.807, 2.05) is 12.1 Å². The average molecular weight is 390 g/mol. The van der Waals surface area contributed by atoms with Crippen molar-refractivity contribution in [1.29, 1.82) is 0 Å². The fourth-order valence-corrected chi connectivity index (χ4v) is 4.14. The predicted molar refractivity (Wildman–Crippen MR) is 112 cm³/mol. The zero-order valence-electron chi connectivity index (χ0n) is 16.2. The van der Waals surface area contributed by atoms with Crippen LogP contribution in [0.4, 0.5) is 27.5 Å². The van der Waals surface area contributed by atoms with Crippen molar-refractivity contribution in [2.24, 2.45) is 0 Å². The summed E-state index contributed by atoms with van der Waals surface area (Å²) in [7, 11) is 0. The molecule has 5 rings (SSSR count). The number of aromatic nitrogens is 3. The molecule has 6 nitrogen and oxygen atoms in total. The van der Waals surface area contributed by atoms with Crippen LogP contribution in [0.1, 0.15) is 12.0 Å². The monoisotopic (exact) mass is 390 g/mol. The van der Waals surface area contributed by atoms with Gasteiger partial charge in [-0.1, -0.05) is 18.2 Å². The highest BCUT2D eigenvalue weighted by atomic mass is 19.1. The van der Waals surface area contributed by atoms with Gasteiger partial charge in [-0.25, -0.2) is 4.39 Å². The highest BCUT2D eigenvalue weighted by molar-refractivity contribution is 5.65. The number of benzene rings is 2. The molecule has 0 spiro atoms. The lowest BCUT2D eigenvalue weighted by molar-refractivity contribution is 0.621. The van der Waals surface area contributed by atoms with Crippen LogP contribution in [0, 0.1) is 5.82 Å². The molecule has 3 heterocycles. The molecule has 1 saturated heterocycles. The smallest absolute Gasteiger partial charge is 0.247 e. The van der Waals surface area contributed by atoms with Crippen molar-refractivity contribution in [3.63, 3.8) is 0 Å². The van der Waals surface area contributed by atoms with Crippen molar-refractivity contribution >= 4 is 23.1 Å². The van der Waals surface area contributed by atoms with Crippen molar-refractivity contribution in [2.75, 3.05) is 47.4 Å². The standard InChI is InChI=1S/C22H23FN6/c23-18-7-9-19(10-8-18)27-12-14-28(15-13-27)22-25-21(16-24-26-22)29-11-3-5-17-4-1-2-6-20(17)29/h1-2,4,6-10,16H,3,5,11-15H2. The van der Waals surface area contributed by atoms with Gasteiger partial charge >= 0.3 is 0 Å². The second kappa shape index (κ2) is 7.66. The number of halogens is 1. The first-order valence-corrected chi connectivity index (χ1v) is 10.1. The third kappa shape index (κ3) is 3.60. The number of anilines is 4. The number of aryl methyl sites for hydroxylation is 1. The van der Waals surface area contributed by atoms with Crippen LogP contribution in [0.5, 0.6) is 0 Å². The largest absolute Gasteiger partial charge is 0.368 e. The van der Waals surface area contributed by atoms with Gasteiger partial charge in [-0.15, -0.1) is 5.10 Å². The van der Waals surface area contributed by atoms with Gasteiger partial charge in [-0.05, 0) is 48.7 Å². The Morgan fingerprint density at radius 2 is 1.59 bits per heavy atom. The zero-order chi connectivity index (χ0) is 19.6. The lowest BCUT2D eigenvalue weighted by Gasteiger charge is -2.36. The first kappa shape index (κ1) is 17.8. The Morgan fingerprint density at radius 1 is 0.828 bits per heavy atom. The number of piperazine rings is 1. The van der Waals surface area contributed by atoms with Gasteiger partial charge in [0, 0.05) is 44.1 Å². The van der Waals surface area contributed by atoms with Crippen molar-refractivity contribution in [1.82, 2.24) is 15.2 Å². The quantitative estimate of drug-likeness (QED) is 0.683. The molecule has 148 valence electrons. The van der Waals surface area contributed by atoms with Gasteiger partial charge in [0.15, 0.2) is 5.82 Å². The zero-order valence-corrected chi connectivity index (χ0v) is 16.2. The molecule has 0 radical (unpaired) electrons. The van der Waals surface area contributed by atoms with E-state index >= 15 is 0 Å². The van der Waals surface area contributed by atoms with Gasteiger partial charge in [-0.2, -0.15) is 10.1 Å². The Bertz CT molecular complexity index is 985. The summed E-state index contributed by atoms with van der Waals surface area (Å²) in [5.74, 6) is 1.32. The van der Waals surface area contributed by atoms with E-state index in [1.54, 1.807) is 6.20 Å². The Balaban J connectivity index is 1.32. The molecule has 0 atom stereocenters. The van der Waals surface area contributed by atoms with Crippen molar-refractivity contribution in [2.45, 2.75) is 12.8 Å². The van der Waals surface area contributed by atoms with Crippen LogP contribution in [0.3, 0.4) is 0 Å². The highest BCUT2D eigenvalue weighted by Gasteiger charge is 2.23. The normalized spacial score (nSPS) is 16.7. The number of fused-ring (bicyclic) bond motifs is 1. The maximum absolute atomic E-state index is 13.2. The van der Waals surface area contributed by atoms with E-state index in [4.69, 9.17) is 4.98 Å². The molecule has 1 aromatic heterocycles. The van der Waals surface area contributed by atoms with E-state index < -0.39 is 0 Å². The maximum atomic E-state index is 13.2. The molecule has 2 aromatic carbocycles. The van der Waals surface area contributed by atoms with Gasteiger partial charge in [0.25, 0.3) is 0 Å². The van der Waals surface area contributed by atoms with Crippen LogP contribution in [0.25, 0.3) is 0 Å². The Kier molecular flexibility index (Phi) is 4.71. The predicted octanol–water partition coefficient (Wildman–Crippen LogP) is 3.42. The van der Waals surface area contributed by atoms with Crippen molar-refractivity contribution < 1.29 is 4.39 Å². The number of hydrogen-bond donors (Lipinski definition) is 0. The second-order valence-corrected chi connectivity index (χ2v) is 7.45. The first-order valence-electron chi connectivity index (χ1n) is 10.1. The van der Waals surface area contributed by atoms with Crippen LogP contribution in [-0.4, -0.2) is 47.9 Å². The van der Waals surface area contributed by atoms with E-state index in [9.17, 15) is 4.39 Å². The molecule has 0 saturated carbocycles.